The number of hydrogen-bond acceptors (Lipinski definition) is 5. The van der Waals surface area contributed by atoms with Gasteiger partial charge in [0.1, 0.15) is 5.92 Å². The lowest BCUT2D eigenvalue weighted by molar-refractivity contribution is -0.141. The second kappa shape index (κ2) is 10.4. The quantitative estimate of drug-likeness (QED) is 0.189. The van der Waals surface area contributed by atoms with Crippen LogP contribution in [0, 0.1) is 20.8 Å². The summed E-state index contributed by atoms with van der Waals surface area (Å²) in [4.78, 5) is 66.7. The maximum Gasteiger partial charge on any atom is 0.399 e. The second-order valence-corrected chi connectivity index (χ2v) is 11.3. The van der Waals surface area contributed by atoms with Crippen molar-refractivity contribution in [2.45, 2.75) is 32.9 Å². The molecule has 1 unspecified atom stereocenters. The Balaban J connectivity index is 1.31. The van der Waals surface area contributed by atoms with Crippen molar-refractivity contribution in [2.75, 3.05) is 11.9 Å². The van der Waals surface area contributed by atoms with Crippen LogP contribution in [0.2, 0.25) is 0 Å². The van der Waals surface area contributed by atoms with Crippen LogP contribution >= 0.6 is 0 Å². The average molecular weight is 611 g/mol. The molecule has 4 aromatic carbocycles. The molecule has 0 N–H and O–H groups in total. The molecule has 45 heavy (non-hydrogen) atoms. The molecule has 226 valence electrons. The maximum atomic E-state index is 14.3. The number of halogens is 3. The van der Waals surface area contributed by atoms with Crippen LogP contribution in [-0.4, -0.2) is 47.5 Å². The van der Waals surface area contributed by atoms with Gasteiger partial charge in [0.05, 0.1) is 27.9 Å². The van der Waals surface area contributed by atoms with Gasteiger partial charge in [-0.2, -0.15) is 13.2 Å². The van der Waals surface area contributed by atoms with E-state index in [0.29, 0.717) is 5.56 Å². The van der Waals surface area contributed by atoms with Crippen molar-refractivity contribution < 1.29 is 37.1 Å². The summed E-state index contributed by atoms with van der Waals surface area (Å²) >= 11 is 0. The molecule has 0 spiro atoms. The molecule has 2 aliphatic heterocycles. The largest absolute Gasteiger partial charge is 0.399 e. The topological polar surface area (TPSA) is 91.8 Å². The van der Waals surface area contributed by atoms with E-state index in [2.05, 4.69) is 0 Å². The minimum atomic E-state index is -4.59. The van der Waals surface area contributed by atoms with E-state index in [0.717, 1.165) is 20.9 Å². The number of ketones is 1. The predicted octanol–water partition coefficient (Wildman–Crippen LogP) is 6.56. The molecule has 0 bridgehead atoms. The summed E-state index contributed by atoms with van der Waals surface area (Å²) < 4.78 is 43.0. The minimum absolute atomic E-state index is 0.0304. The van der Waals surface area contributed by atoms with E-state index >= 15 is 0 Å². The number of amides is 4. The fourth-order valence-electron chi connectivity index (χ4n) is 5.89. The smallest absolute Gasteiger partial charge is 0.289 e. The standard InChI is InChI=1S/C35H25F3N2O5/c1-17-5-6-20(13-18(17)2)29(35(36,37)38)21-9-12-28(19(3)14-21)40-33(44)25-11-8-23(16-27(25)34(40)45)30(41)22-7-10-24-26(15-22)32(43)39(4)31(24)42/h5-16,29H,1-4H3. The predicted molar refractivity (Wildman–Crippen MR) is 159 cm³/mol. The highest BCUT2D eigenvalue weighted by atomic mass is 19.4. The number of fused-ring (bicyclic) bond motifs is 2. The van der Waals surface area contributed by atoms with E-state index in [1.54, 1.807) is 13.0 Å². The molecule has 10 heteroatoms. The zero-order valence-electron chi connectivity index (χ0n) is 24.6. The Kier molecular flexibility index (Phi) is 6.84. The molecule has 0 aliphatic carbocycles. The molecule has 0 saturated carbocycles. The third-order valence-corrected chi connectivity index (χ3v) is 8.49. The van der Waals surface area contributed by atoms with E-state index < -0.39 is 41.5 Å². The number of carbonyl (C=O) groups is 5. The van der Waals surface area contributed by atoms with Crippen LogP contribution in [0.3, 0.4) is 0 Å². The van der Waals surface area contributed by atoms with Gasteiger partial charge in [-0.05, 0) is 78.9 Å². The highest BCUT2D eigenvalue weighted by Crippen LogP contribution is 2.42. The number of rotatable bonds is 5. The number of aryl methyl sites for hydroxylation is 3. The molecule has 7 nitrogen and oxygen atoms in total. The molecule has 0 fully saturated rings. The zero-order chi connectivity index (χ0) is 32.5. The number of hydrogen-bond donors (Lipinski definition) is 0. The van der Waals surface area contributed by atoms with Crippen molar-refractivity contribution in [1.29, 1.82) is 0 Å². The van der Waals surface area contributed by atoms with Crippen molar-refractivity contribution in [2.24, 2.45) is 0 Å². The van der Waals surface area contributed by atoms with Crippen LogP contribution in [0.1, 0.15) is 91.1 Å². The normalized spacial score (nSPS) is 15.1. The Morgan fingerprint density at radius 3 is 1.64 bits per heavy atom. The summed E-state index contributed by atoms with van der Waals surface area (Å²) in [6.45, 7) is 5.09. The summed E-state index contributed by atoms with van der Waals surface area (Å²) in [5.74, 6) is -4.84. The van der Waals surface area contributed by atoms with Gasteiger partial charge in [-0.15, -0.1) is 0 Å². The van der Waals surface area contributed by atoms with Crippen molar-refractivity contribution in [3.8, 4) is 0 Å². The highest BCUT2D eigenvalue weighted by molar-refractivity contribution is 6.35. The lowest BCUT2D eigenvalue weighted by Gasteiger charge is -2.24. The summed E-state index contributed by atoms with van der Waals surface area (Å²) in [5.41, 5.74) is 2.55. The van der Waals surface area contributed by atoms with Gasteiger partial charge in [0, 0.05) is 18.2 Å². The number of nitrogens with zero attached hydrogens (tertiary/aromatic N) is 2. The highest BCUT2D eigenvalue weighted by Gasteiger charge is 2.43. The van der Waals surface area contributed by atoms with Crippen LogP contribution in [0.5, 0.6) is 0 Å². The molecular weight excluding hydrogens is 585 g/mol. The van der Waals surface area contributed by atoms with Gasteiger partial charge in [-0.25, -0.2) is 4.90 Å². The third kappa shape index (κ3) is 4.73. The first-order chi connectivity index (χ1) is 21.2. The van der Waals surface area contributed by atoms with Crippen molar-refractivity contribution in [3.05, 3.63) is 134 Å². The zero-order valence-corrected chi connectivity index (χ0v) is 24.6. The Hall–Kier alpha value is -5.38. The third-order valence-electron chi connectivity index (χ3n) is 8.49. The van der Waals surface area contributed by atoms with Gasteiger partial charge in [0.2, 0.25) is 0 Å². The molecule has 0 radical (unpaired) electrons. The van der Waals surface area contributed by atoms with Crippen LogP contribution in [0.4, 0.5) is 18.9 Å². The van der Waals surface area contributed by atoms with Gasteiger partial charge in [-0.3, -0.25) is 28.9 Å². The van der Waals surface area contributed by atoms with E-state index in [4.69, 9.17) is 0 Å². The monoisotopic (exact) mass is 610 g/mol. The number of benzene rings is 4. The molecule has 0 saturated heterocycles. The van der Waals surface area contributed by atoms with Gasteiger partial charge in [0.25, 0.3) is 23.6 Å². The molecule has 1 atom stereocenters. The van der Waals surface area contributed by atoms with E-state index in [1.165, 1.54) is 80.7 Å². The fourth-order valence-corrected chi connectivity index (χ4v) is 5.89. The van der Waals surface area contributed by atoms with E-state index in [-0.39, 0.29) is 50.2 Å². The molecule has 6 rings (SSSR count). The Morgan fingerprint density at radius 2 is 1.09 bits per heavy atom. The lowest BCUT2D eigenvalue weighted by Crippen LogP contribution is -2.30. The van der Waals surface area contributed by atoms with Gasteiger partial charge in [-0.1, -0.05) is 42.5 Å². The first kappa shape index (κ1) is 29.7. The second-order valence-electron chi connectivity index (χ2n) is 11.3. The minimum Gasteiger partial charge on any atom is -0.289 e. The first-order valence-electron chi connectivity index (χ1n) is 14.0. The number of alkyl halides is 3. The van der Waals surface area contributed by atoms with Crippen LogP contribution in [0.25, 0.3) is 0 Å². The van der Waals surface area contributed by atoms with Gasteiger partial charge in [0.15, 0.2) is 5.78 Å². The van der Waals surface area contributed by atoms with Crippen molar-refractivity contribution >= 4 is 35.1 Å². The Bertz CT molecular complexity index is 2010. The van der Waals surface area contributed by atoms with E-state index in [9.17, 15) is 37.1 Å². The van der Waals surface area contributed by atoms with Crippen molar-refractivity contribution in [1.82, 2.24) is 4.90 Å². The van der Waals surface area contributed by atoms with Gasteiger partial charge >= 0.3 is 6.18 Å². The Labute approximate surface area is 255 Å². The average Bonchev–Trinajstić information content (AvgIpc) is 3.37. The van der Waals surface area contributed by atoms with Crippen LogP contribution < -0.4 is 4.90 Å². The molecule has 4 aromatic rings. The number of carbonyl (C=O) groups excluding carboxylic acids is 5. The van der Waals surface area contributed by atoms with Crippen LogP contribution in [0.15, 0.2) is 72.8 Å². The first-order valence-corrected chi connectivity index (χ1v) is 14.0. The molecule has 2 aliphatic rings. The maximum absolute atomic E-state index is 14.3. The number of anilines is 1. The summed E-state index contributed by atoms with van der Waals surface area (Å²) in [6, 6.07) is 16.7. The molecule has 0 aromatic heterocycles. The van der Waals surface area contributed by atoms with Crippen LogP contribution in [-0.2, 0) is 0 Å². The lowest BCUT2D eigenvalue weighted by atomic mass is 9.88. The summed E-state index contributed by atoms with van der Waals surface area (Å²) in [5, 5.41) is 0. The number of imide groups is 2. The SMILES string of the molecule is Cc1ccc(C(c2ccc(N3C(=O)c4ccc(C(=O)c5ccc6c(c5)C(=O)N(C)C6=O)cc4C3=O)c(C)c2)C(F)(F)F)cc1C. The Morgan fingerprint density at radius 1 is 0.600 bits per heavy atom. The van der Waals surface area contributed by atoms with E-state index in [1.807, 2.05) is 6.92 Å². The molecule has 2 heterocycles. The molecular formula is C35H25F3N2O5. The fraction of sp³-hybridized carbons (Fsp3) is 0.171. The summed E-state index contributed by atoms with van der Waals surface area (Å²) in [6.07, 6.45) is -4.59. The van der Waals surface area contributed by atoms with Gasteiger partial charge < -0.3 is 0 Å². The molecule has 4 amide bonds. The summed E-state index contributed by atoms with van der Waals surface area (Å²) in [7, 11) is 1.34. The van der Waals surface area contributed by atoms with Crippen molar-refractivity contribution in [3.63, 3.8) is 0 Å².